The molecular weight excluding hydrogens is 360 g/mol. The SMILES string of the molecule is Cc1cccc(-n2nnnc2SC(C)c2nnc(-c3ccccc3)o2)c1C. The fourth-order valence-electron chi connectivity index (χ4n) is 2.67. The van der Waals surface area contributed by atoms with Crippen molar-refractivity contribution in [1.29, 1.82) is 0 Å². The van der Waals surface area contributed by atoms with Gasteiger partial charge in [-0.3, -0.25) is 0 Å². The number of aromatic nitrogens is 6. The molecule has 0 aliphatic rings. The summed E-state index contributed by atoms with van der Waals surface area (Å²) < 4.78 is 7.60. The molecule has 1 unspecified atom stereocenters. The Kier molecular flexibility index (Phi) is 4.72. The monoisotopic (exact) mass is 378 g/mol. The maximum Gasteiger partial charge on any atom is 0.247 e. The van der Waals surface area contributed by atoms with E-state index in [-0.39, 0.29) is 5.25 Å². The Morgan fingerprint density at radius 1 is 0.963 bits per heavy atom. The first-order valence-electron chi connectivity index (χ1n) is 8.54. The second-order valence-corrected chi connectivity index (χ2v) is 7.47. The molecule has 27 heavy (non-hydrogen) atoms. The minimum atomic E-state index is -0.0928. The Labute approximate surface area is 160 Å². The van der Waals surface area contributed by atoms with Crippen LogP contribution in [0.1, 0.15) is 29.2 Å². The summed E-state index contributed by atoms with van der Waals surface area (Å²) in [6, 6.07) is 15.8. The zero-order valence-electron chi connectivity index (χ0n) is 15.2. The molecule has 2 aromatic carbocycles. The molecule has 0 aliphatic carbocycles. The van der Waals surface area contributed by atoms with Gasteiger partial charge < -0.3 is 4.42 Å². The molecule has 0 N–H and O–H groups in total. The van der Waals surface area contributed by atoms with Crippen LogP contribution in [-0.2, 0) is 0 Å². The molecular formula is C19H18N6OS. The second-order valence-electron chi connectivity index (χ2n) is 6.16. The third-order valence-electron chi connectivity index (χ3n) is 4.34. The minimum Gasteiger partial charge on any atom is -0.419 e. The van der Waals surface area contributed by atoms with E-state index in [2.05, 4.69) is 45.6 Å². The highest BCUT2D eigenvalue weighted by atomic mass is 32.2. The molecule has 4 rings (SSSR count). The van der Waals surface area contributed by atoms with Gasteiger partial charge in [-0.2, -0.15) is 4.68 Å². The highest BCUT2D eigenvalue weighted by Crippen LogP contribution is 2.35. The van der Waals surface area contributed by atoms with Gasteiger partial charge in [0.2, 0.25) is 16.9 Å². The van der Waals surface area contributed by atoms with Gasteiger partial charge in [0, 0.05) is 5.56 Å². The Morgan fingerprint density at radius 3 is 2.59 bits per heavy atom. The predicted octanol–water partition coefficient (Wildman–Crippen LogP) is 4.18. The molecule has 8 heteroatoms. The van der Waals surface area contributed by atoms with Gasteiger partial charge in [0.15, 0.2) is 0 Å². The Bertz CT molecular complexity index is 1060. The summed E-state index contributed by atoms with van der Waals surface area (Å²) in [4.78, 5) is 0. The van der Waals surface area contributed by atoms with Crippen LogP contribution in [0, 0.1) is 13.8 Å². The fraction of sp³-hybridized carbons (Fsp3) is 0.211. The summed E-state index contributed by atoms with van der Waals surface area (Å²) >= 11 is 1.48. The maximum absolute atomic E-state index is 5.85. The van der Waals surface area contributed by atoms with E-state index in [1.807, 2.05) is 49.4 Å². The van der Waals surface area contributed by atoms with Crippen molar-refractivity contribution >= 4 is 11.8 Å². The zero-order valence-corrected chi connectivity index (χ0v) is 16.0. The Balaban J connectivity index is 1.58. The topological polar surface area (TPSA) is 82.5 Å². The van der Waals surface area contributed by atoms with E-state index in [1.54, 1.807) is 4.68 Å². The van der Waals surface area contributed by atoms with Crippen LogP contribution in [0.5, 0.6) is 0 Å². The molecule has 0 amide bonds. The summed E-state index contributed by atoms with van der Waals surface area (Å²) in [5, 5.41) is 21.1. The van der Waals surface area contributed by atoms with Crippen molar-refractivity contribution in [2.24, 2.45) is 0 Å². The summed E-state index contributed by atoms with van der Waals surface area (Å²) in [7, 11) is 0. The summed E-state index contributed by atoms with van der Waals surface area (Å²) in [5.74, 6) is 1.04. The predicted molar refractivity (Wildman–Crippen MR) is 103 cm³/mol. The van der Waals surface area contributed by atoms with Crippen LogP contribution >= 0.6 is 11.8 Å². The third-order valence-corrected chi connectivity index (χ3v) is 5.36. The van der Waals surface area contributed by atoms with Gasteiger partial charge in [-0.1, -0.05) is 42.1 Å². The standard InChI is InChI=1S/C19H18N6OS/c1-12-8-7-11-16(13(12)2)25-19(22-23-24-25)27-14(3)17-20-21-18(26-17)15-9-5-4-6-10-15/h4-11,14H,1-3H3. The van der Waals surface area contributed by atoms with E-state index in [9.17, 15) is 0 Å². The van der Waals surface area contributed by atoms with Crippen LogP contribution in [-0.4, -0.2) is 30.4 Å². The number of benzene rings is 2. The van der Waals surface area contributed by atoms with E-state index in [1.165, 1.54) is 17.3 Å². The molecule has 0 radical (unpaired) electrons. The van der Waals surface area contributed by atoms with Gasteiger partial charge in [0.25, 0.3) is 0 Å². The van der Waals surface area contributed by atoms with Crippen LogP contribution in [0.2, 0.25) is 0 Å². The lowest BCUT2D eigenvalue weighted by molar-refractivity contribution is 0.508. The first-order valence-corrected chi connectivity index (χ1v) is 9.42. The molecule has 7 nitrogen and oxygen atoms in total. The average molecular weight is 378 g/mol. The smallest absolute Gasteiger partial charge is 0.247 e. The lowest BCUT2D eigenvalue weighted by Gasteiger charge is -2.10. The minimum absolute atomic E-state index is 0.0928. The van der Waals surface area contributed by atoms with Gasteiger partial charge in [-0.25, -0.2) is 0 Å². The molecule has 0 saturated heterocycles. The van der Waals surface area contributed by atoms with Gasteiger partial charge >= 0.3 is 0 Å². The quantitative estimate of drug-likeness (QED) is 0.482. The molecule has 0 aliphatic heterocycles. The molecule has 0 spiro atoms. The average Bonchev–Trinajstić information content (AvgIpc) is 3.34. The van der Waals surface area contributed by atoms with Gasteiger partial charge in [0.05, 0.1) is 10.9 Å². The molecule has 1 atom stereocenters. The summed E-state index contributed by atoms with van der Waals surface area (Å²) in [6.45, 7) is 6.13. The highest BCUT2D eigenvalue weighted by molar-refractivity contribution is 7.99. The van der Waals surface area contributed by atoms with E-state index in [0.717, 1.165) is 16.8 Å². The number of hydrogen-bond donors (Lipinski definition) is 0. The summed E-state index contributed by atoms with van der Waals surface area (Å²) in [5.41, 5.74) is 4.19. The number of hydrogen-bond acceptors (Lipinski definition) is 7. The number of rotatable bonds is 5. The largest absolute Gasteiger partial charge is 0.419 e. The van der Waals surface area contributed by atoms with Gasteiger partial charge in [0.1, 0.15) is 0 Å². The van der Waals surface area contributed by atoms with Gasteiger partial charge in [-0.05, 0) is 60.5 Å². The number of thioether (sulfide) groups is 1. The molecule has 0 fully saturated rings. The lowest BCUT2D eigenvalue weighted by atomic mass is 10.1. The second kappa shape index (κ2) is 7.32. The van der Waals surface area contributed by atoms with Crippen molar-refractivity contribution < 1.29 is 4.42 Å². The Hall–Kier alpha value is -3.00. The van der Waals surface area contributed by atoms with Crippen LogP contribution in [0.15, 0.2) is 58.1 Å². The van der Waals surface area contributed by atoms with Crippen LogP contribution < -0.4 is 0 Å². The van der Waals surface area contributed by atoms with Crippen molar-refractivity contribution in [3.63, 3.8) is 0 Å². The van der Waals surface area contributed by atoms with E-state index in [4.69, 9.17) is 4.42 Å². The van der Waals surface area contributed by atoms with Crippen molar-refractivity contribution in [3.8, 4) is 17.1 Å². The molecule has 0 saturated carbocycles. The lowest BCUT2D eigenvalue weighted by Crippen LogP contribution is -2.03. The number of nitrogens with zero attached hydrogens (tertiary/aromatic N) is 6. The molecule has 2 aromatic heterocycles. The van der Waals surface area contributed by atoms with Crippen molar-refractivity contribution in [3.05, 3.63) is 65.5 Å². The van der Waals surface area contributed by atoms with E-state index < -0.39 is 0 Å². The molecule has 136 valence electrons. The summed E-state index contributed by atoms with van der Waals surface area (Å²) in [6.07, 6.45) is 0. The zero-order chi connectivity index (χ0) is 18.8. The van der Waals surface area contributed by atoms with Crippen LogP contribution in [0.25, 0.3) is 17.1 Å². The normalized spacial score (nSPS) is 12.3. The fourth-order valence-corrected chi connectivity index (χ4v) is 3.50. The number of aryl methyl sites for hydroxylation is 1. The maximum atomic E-state index is 5.85. The van der Waals surface area contributed by atoms with Crippen molar-refractivity contribution in [2.75, 3.05) is 0 Å². The van der Waals surface area contributed by atoms with E-state index >= 15 is 0 Å². The van der Waals surface area contributed by atoms with Gasteiger partial charge in [-0.15, -0.1) is 15.3 Å². The van der Waals surface area contributed by atoms with Crippen molar-refractivity contribution in [1.82, 2.24) is 30.4 Å². The highest BCUT2D eigenvalue weighted by Gasteiger charge is 2.20. The Morgan fingerprint density at radius 2 is 1.78 bits per heavy atom. The first-order chi connectivity index (χ1) is 13.1. The van der Waals surface area contributed by atoms with Crippen LogP contribution in [0.3, 0.4) is 0 Å². The van der Waals surface area contributed by atoms with E-state index in [0.29, 0.717) is 16.9 Å². The first kappa shape index (κ1) is 17.4. The number of tetrazole rings is 1. The van der Waals surface area contributed by atoms with Crippen molar-refractivity contribution in [2.45, 2.75) is 31.2 Å². The van der Waals surface area contributed by atoms with Crippen LogP contribution in [0.4, 0.5) is 0 Å². The third kappa shape index (κ3) is 3.48. The molecule has 0 bridgehead atoms. The molecule has 4 aromatic rings. The molecule has 2 heterocycles.